The summed E-state index contributed by atoms with van der Waals surface area (Å²) < 4.78 is 12.1. The van der Waals surface area contributed by atoms with Crippen LogP contribution in [0.25, 0.3) is 11.0 Å². The molecule has 5 N–H and O–H groups in total. The quantitative estimate of drug-likeness (QED) is 0.257. The molecule has 0 saturated heterocycles. The van der Waals surface area contributed by atoms with E-state index in [1.807, 2.05) is 0 Å². The third kappa shape index (κ3) is 4.68. The molecule has 0 unspecified atom stereocenters. The fourth-order valence-electron chi connectivity index (χ4n) is 2.49. The minimum atomic E-state index is -1.28. The molecule has 0 bridgehead atoms. The van der Waals surface area contributed by atoms with Gasteiger partial charge in [0.05, 0.1) is 30.3 Å². The van der Waals surface area contributed by atoms with Crippen LogP contribution in [0.4, 0.5) is 5.82 Å². The molecule has 0 amide bonds. The fraction of sp³-hybridized carbons (Fsp3) is 0.562. The average molecular weight is 400 g/mol. The summed E-state index contributed by atoms with van der Waals surface area (Å²) in [5, 5.41) is 29.5. The highest BCUT2D eigenvalue weighted by molar-refractivity contribution is 7.98. The molecule has 27 heavy (non-hydrogen) atoms. The molecule has 150 valence electrons. The van der Waals surface area contributed by atoms with Crippen molar-refractivity contribution in [2.75, 3.05) is 25.2 Å². The van der Waals surface area contributed by atoms with Crippen molar-refractivity contribution >= 4 is 34.6 Å². The number of fused-ring (bicyclic) bond motifs is 1. The molecule has 2 rings (SSSR count). The summed E-state index contributed by atoms with van der Waals surface area (Å²) in [5.41, 5.74) is 6.56. The summed E-state index contributed by atoms with van der Waals surface area (Å²) in [5.74, 6) is -0.440. The van der Waals surface area contributed by atoms with E-state index in [1.165, 1.54) is 29.4 Å². The third-order valence-electron chi connectivity index (χ3n) is 3.88. The number of ether oxygens (including phenoxy) is 2. The zero-order chi connectivity index (χ0) is 20.1. The number of nitrogens with two attached hydrogens (primary N) is 1. The van der Waals surface area contributed by atoms with E-state index in [9.17, 15) is 20.1 Å². The number of rotatable bonds is 9. The number of aliphatic hydroxyl groups is 3. The van der Waals surface area contributed by atoms with Gasteiger partial charge in [-0.3, -0.25) is 0 Å². The van der Waals surface area contributed by atoms with Crippen LogP contribution in [0.15, 0.2) is 11.4 Å². The highest BCUT2D eigenvalue weighted by Gasteiger charge is 2.25. The van der Waals surface area contributed by atoms with Crippen LogP contribution in [0.3, 0.4) is 0 Å². The number of aromatic nitrogens is 3. The Morgan fingerprint density at radius 1 is 1.41 bits per heavy atom. The van der Waals surface area contributed by atoms with E-state index in [4.69, 9.17) is 15.2 Å². The zero-order valence-corrected chi connectivity index (χ0v) is 16.1. The standard InChI is InChI=1S/C16H24N4O6S/c1-4-25-15(24)9-5-20(7-26-10(6-21)12(23)8(2)22)14-11(9)13(17)18-16(19-14)27-3/h5,8,10,12,21-23H,4,6-7H2,1-3H3,(H2,17,18,19)/t8-,10+,12-/m0/s1. The van der Waals surface area contributed by atoms with Gasteiger partial charge in [-0.1, -0.05) is 11.8 Å². The van der Waals surface area contributed by atoms with Gasteiger partial charge in [0, 0.05) is 6.20 Å². The Morgan fingerprint density at radius 2 is 2.11 bits per heavy atom. The lowest BCUT2D eigenvalue weighted by atomic mass is 10.1. The van der Waals surface area contributed by atoms with E-state index in [-0.39, 0.29) is 24.7 Å². The van der Waals surface area contributed by atoms with Crippen LogP contribution in [-0.4, -0.2) is 73.6 Å². The van der Waals surface area contributed by atoms with Crippen molar-refractivity contribution in [3.05, 3.63) is 11.8 Å². The maximum absolute atomic E-state index is 12.3. The Kier molecular flexibility index (Phi) is 7.39. The van der Waals surface area contributed by atoms with Gasteiger partial charge < -0.3 is 35.1 Å². The Balaban J connectivity index is 2.43. The monoisotopic (exact) mass is 400 g/mol. The molecular formula is C16H24N4O6S. The van der Waals surface area contributed by atoms with Gasteiger partial charge in [0.25, 0.3) is 0 Å². The Morgan fingerprint density at radius 3 is 2.67 bits per heavy atom. The number of nitrogens with zero attached hydrogens (tertiary/aromatic N) is 3. The van der Waals surface area contributed by atoms with Gasteiger partial charge in [-0.05, 0) is 20.1 Å². The van der Waals surface area contributed by atoms with Crippen LogP contribution in [0.1, 0.15) is 24.2 Å². The molecule has 0 spiro atoms. The maximum Gasteiger partial charge on any atom is 0.340 e. The van der Waals surface area contributed by atoms with Crippen LogP contribution < -0.4 is 5.73 Å². The van der Waals surface area contributed by atoms with Crippen molar-refractivity contribution < 1.29 is 29.6 Å². The topological polar surface area (TPSA) is 153 Å². The Hall–Kier alpha value is -1.92. The molecule has 0 fully saturated rings. The number of anilines is 1. The van der Waals surface area contributed by atoms with Crippen LogP contribution in [-0.2, 0) is 16.2 Å². The number of nitrogen functional groups attached to an aromatic ring is 1. The lowest BCUT2D eigenvalue weighted by Crippen LogP contribution is -2.40. The van der Waals surface area contributed by atoms with Crippen LogP contribution in [0.5, 0.6) is 0 Å². The predicted octanol–water partition coefficient (Wildman–Crippen LogP) is -0.0112. The van der Waals surface area contributed by atoms with Gasteiger partial charge >= 0.3 is 5.97 Å². The Bertz CT molecular complexity index is 797. The number of thioether (sulfide) groups is 1. The summed E-state index contributed by atoms with van der Waals surface area (Å²) in [4.78, 5) is 20.8. The van der Waals surface area contributed by atoms with Crippen molar-refractivity contribution in [3.8, 4) is 0 Å². The molecule has 0 aliphatic rings. The van der Waals surface area contributed by atoms with Gasteiger partial charge in [0.15, 0.2) is 5.16 Å². The lowest BCUT2D eigenvalue weighted by molar-refractivity contribution is -0.119. The highest BCUT2D eigenvalue weighted by Crippen LogP contribution is 2.27. The van der Waals surface area contributed by atoms with Gasteiger partial charge in [-0.15, -0.1) is 0 Å². The van der Waals surface area contributed by atoms with Gasteiger partial charge in [-0.25, -0.2) is 14.8 Å². The average Bonchev–Trinajstić information content (AvgIpc) is 3.01. The molecule has 2 heterocycles. The first-order valence-electron chi connectivity index (χ1n) is 8.30. The second-order valence-electron chi connectivity index (χ2n) is 5.78. The van der Waals surface area contributed by atoms with Crippen molar-refractivity contribution in [1.82, 2.24) is 14.5 Å². The first-order chi connectivity index (χ1) is 12.8. The van der Waals surface area contributed by atoms with Gasteiger partial charge in [0.2, 0.25) is 0 Å². The maximum atomic E-state index is 12.3. The fourth-order valence-corrected chi connectivity index (χ4v) is 2.86. The summed E-state index contributed by atoms with van der Waals surface area (Å²) in [6.45, 7) is 2.63. The molecule has 0 aliphatic carbocycles. The van der Waals surface area contributed by atoms with Crippen molar-refractivity contribution in [2.45, 2.75) is 44.0 Å². The third-order valence-corrected chi connectivity index (χ3v) is 4.43. The highest BCUT2D eigenvalue weighted by atomic mass is 32.2. The first-order valence-corrected chi connectivity index (χ1v) is 9.52. The number of hydrogen-bond acceptors (Lipinski definition) is 10. The molecule has 3 atom stereocenters. The summed E-state index contributed by atoms with van der Waals surface area (Å²) in [6.07, 6.45) is -0.117. The van der Waals surface area contributed by atoms with E-state index >= 15 is 0 Å². The minimum Gasteiger partial charge on any atom is -0.462 e. The lowest BCUT2D eigenvalue weighted by Gasteiger charge is -2.23. The predicted molar refractivity (Wildman–Crippen MR) is 99.3 cm³/mol. The van der Waals surface area contributed by atoms with E-state index in [2.05, 4.69) is 9.97 Å². The van der Waals surface area contributed by atoms with Crippen molar-refractivity contribution in [3.63, 3.8) is 0 Å². The molecule has 0 aromatic carbocycles. The van der Waals surface area contributed by atoms with Crippen LogP contribution in [0, 0.1) is 0 Å². The van der Waals surface area contributed by atoms with E-state index in [0.717, 1.165) is 0 Å². The number of esters is 1. The first kappa shape index (κ1) is 21.4. The molecule has 0 aliphatic heterocycles. The minimum absolute atomic E-state index is 0.133. The second kappa shape index (κ2) is 9.33. The van der Waals surface area contributed by atoms with Gasteiger partial charge in [0.1, 0.15) is 30.4 Å². The molecule has 2 aromatic rings. The number of carbonyl (C=O) groups is 1. The van der Waals surface area contributed by atoms with Crippen molar-refractivity contribution in [2.24, 2.45) is 0 Å². The summed E-state index contributed by atoms with van der Waals surface area (Å²) >= 11 is 1.29. The number of carbonyl (C=O) groups excluding carboxylic acids is 1. The van der Waals surface area contributed by atoms with E-state index in [0.29, 0.717) is 16.2 Å². The summed E-state index contributed by atoms with van der Waals surface area (Å²) in [7, 11) is 0. The molecular weight excluding hydrogens is 376 g/mol. The number of aliphatic hydroxyl groups excluding tert-OH is 3. The molecule has 0 radical (unpaired) electrons. The SMILES string of the molecule is CCOC(=O)c1cn(CO[C@H](CO)[C@@H](O)[C@H](C)O)c2nc(SC)nc(N)c12. The second-order valence-corrected chi connectivity index (χ2v) is 6.55. The van der Waals surface area contributed by atoms with Crippen LogP contribution >= 0.6 is 11.8 Å². The zero-order valence-electron chi connectivity index (χ0n) is 15.3. The summed E-state index contributed by atoms with van der Waals surface area (Å²) in [6, 6.07) is 0. The largest absolute Gasteiger partial charge is 0.462 e. The van der Waals surface area contributed by atoms with Crippen molar-refractivity contribution in [1.29, 1.82) is 0 Å². The smallest absolute Gasteiger partial charge is 0.340 e. The normalized spacial score (nSPS) is 14.9. The number of hydrogen-bond donors (Lipinski definition) is 4. The molecule has 2 aromatic heterocycles. The van der Waals surface area contributed by atoms with Crippen LogP contribution in [0.2, 0.25) is 0 Å². The molecule has 10 nitrogen and oxygen atoms in total. The molecule has 11 heteroatoms. The Labute approximate surface area is 160 Å². The van der Waals surface area contributed by atoms with E-state index < -0.39 is 30.9 Å². The molecule has 0 saturated carbocycles. The van der Waals surface area contributed by atoms with Gasteiger partial charge in [-0.2, -0.15) is 0 Å². The van der Waals surface area contributed by atoms with E-state index in [1.54, 1.807) is 13.2 Å².